The average Bonchev–Trinajstić information content (AvgIpc) is 2.67. The Balaban J connectivity index is 1.49. The van der Waals surface area contributed by atoms with Crippen LogP contribution in [0.3, 0.4) is 0 Å². The van der Waals surface area contributed by atoms with Crippen molar-refractivity contribution in [3.8, 4) is 0 Å². The second kappa shape index (κ2) is 8.03. The van der Waals surface area contributed by atoms with Crippen molar-refractivity contribution in [2.24, 2.45) is 5.92 Å². The van der Waals surface area contributed by atoms with E-state index in [1.807, 2.05) is 13.8 Å². The Kier molecular flexibility index (Phi) is 5.43. The molecule has 2 heterocycles. The van der Waals surface area contributed by atoms with Crippen molar-refractivity contribution in [2.45, 2.75) is 53.4 Å². The Labute approximate surface area is 177 Å². The van der Waals surface area contributed by atoms with Gasteiger partial charge in [-0.25, -0.2) is 9.97 Å². The lowest BCUT2D eigenvalue weighted by atomic mass is 9.90. The molecule has 1 aromatic heterocycles. The SMILES string of the molecule is Cc1ccc(CC2C(=O)NC(Nc3nc(C)c4cc(C)cc(C)c4n3)NC2C)cc1. The van der Waals surface area contributed by atoms with Crippen LogP contribution in [-0.2, 0) is 11.2 Å². The molecule has 3 atom stereocenters. The zero-order valence-electron chi connectivity index (χ0n) is 18.2. The second-order valence-corrected chi connectivity index (χ2v) is 8.45. The van der Waals surface area contributed by atoms with E-state index in [4.69, 9.17) is 4.98 Å². The molecule has 0 saturated carbocycles. The van der Waals surface area contributed by atoms with E-state index in [1.54, 1.807) is 0 Å². The van der Waals surface area contributed by atoms with Crippen LogP contribution in [0.25, 0.3) is 10.9 Å². The number of aryl methyl sites for hydroxylation is 4. The Bertz CT molecular complexity index is 1090. The number of hydrogen-bond acceptors (Lipinski definition) is 5. The van der Waals surface area contributed by atoms with Crippen molar-refractivity contribution < 1.29 is 4.79 Å². The predicted molar refractivity (Wildman–Crippen MR) is 120 cm³/mol. The van der Waals surface area contributed by atoms with E-state index in [-0.39, 0.29) is 17.9 Å². The number of benzene rings is 2. The second-order valence-electron chi connectivity index (χ2n) is 8.45. The zero-order chi connectivity index (χ0) is 21.4. The van der Waals surface area contributed by atoms with Crippen LogP contribution in [0.4, 0.5) is 5.95 Å². The molecule has 156 valence electrons. The number of nitrogens with one attached hydrogen (secondary N) is 3. The standard InChI is InChI=1S/C24H29N5O/c1-13-6-8-18(9-7-13)12-20-17(5)26-24(28-22(20)30)29-23-25-16(4)19-11-14(2)10-15(3)21(19)27-23/h6-11,17,20,24,26H,12H2,1-5H3,(H,28,30)(H,25,27,29). The zero-order valence-corrected chi connectivity index (χ0v) is 18.2. The number of carbonyl (C=O) groups is 1. The summed E-state index contributed by atoms with van der Waals surface area (Å²) in [5.41, 5.74) is 6.55. The number of aromatic nitrogens is 2. The molecule has 0 spiro atoms. The maximum atomic E-state index is 12.8. The number of nitrogens with zero attached hydrogens (tertiary/aromatic N) is 2. The lowest BCUT2D eigenvalue weighted by Crippen LogP contribution is -2.63. The minimum absolute atomic E-state index is 0.0171. The molecule has 1 fully saturated rings. The third kappa shape index (κ3) is 4.14. The molecule has 1 aliphatic heterocycles. The number of fused-ring (bicyclic) bond motifs is 1. The summed E-state index contributed by atoms with van der Waals surface area (Å²) in [5, 5.41) is 10.8. The molecule has 0 radical (unpaired) electrons. The maximum Gasteiger partial charge on any atom is 0.227 e. The van der Waals surface area contributed by atoms with Crippen LogP contribution in [0.5, 0.6) is 0 Å². The van der Waals surface area contributed by atoms with Crippen molar-refractivity contribution >= 4 is 22.8 Å². The van der Waals surface area contributed by atoms with Crippen molar-refractivity contribution in [2.75, 3.05) is 5.32 Å². The number of hydrogen-bond donors (Lipinski definition) is 3. The van der Waals surface area contributed by atoms with Gasteiger partial charge in [0.05, 0.1) is 17.1 Å². The van der Waals surface area contributed by atoms with Crippen molar-refractivity contribution in [3.63, 3.8) is 0 Å². The summed E-state index contributed by atoms with van der Waals surface area (Å²) in [6.07, 6.45) is 0.293. The Morgan fingerprint density at radius 1 is 1.00 bits per heavy atom. The number of rotatable bonds is 4. The molecule has 0 bridgehead atoms. The van der Waals surface area contributed by atoms with Crippen molar-refractivity contribution in [3.05, 3.63) is 64.3 Å². The van der Waals surface area contributed by atoms with Crippen LogP contribution < -0.4 is 16.0 Å². The van der Waals surface area contributed by atoms with Crippen molar-refractivity contribution in [1.82, 2.24) is 20.6 Å². The Morgan fingerprint density at radius 3 is 2.43 bits per heavy atom. The fourth-order valence-electron chi connectivity index (χ4n) is 4.15. The molecule has 2 aromatic carbocycles. The normalized spacial score (nSPS) is 21.5. The Morgan fingerprint density at radius 2 is 1.73 bits per heavy atom. The fourth-order valence-corrected chi connectivity index (χ4v) is 4.15. The molecule has 3 unspecified atom stereocenters. The van der Waals surface area contributed by atoms with Gasteiger partial charge in [-0.1, -0.05) is 41.5 Å². The molecule has 30 heavy (non-hydrogen) atoms. The predicted octanol–water partition coefficient (Wildman–Crippen LogP) is 3.53. The Hall–Kier alpha value is -2.99. The van der Waals surface area contributed by atoms with Gasteiger partial charge in [-0.05, 0) is 58.2 Å². The van der Waals surface area contributed by atoms with Crippen LogP contribution in [0.1, 0.15) is 34.9 Å². The van der Waals surface area contributed by atoms with E-state index in [0.29, 0.717) is 12.4 Å². The summed E-state index contributed by atoms with van der Waals surface area (Å²) in [7, 11) is 0. The topological polar surface area (TPSA) is 78.9 Å². The molecular weight excluding hydrogens is 374 g/mol. The molecule has 1 amide bonds. The first kappa shape index (κ1) is 20.3. The van der Waals surface area contributed by atoms with Crippen LogP contribution in [0.2, 0.25) is 0 Å². The van der Waals surface area contributed by atoms with Gasteiger partial charge in [0.2, 0.25) is 11.9 Å². The van der Waals surface area contributed by atoms with Gasteiger partial charge < -0.3 is 10.6 Å². The molecule has 4 rings (SSSR count). The summed E-state index contributed by atoms with van der Waals surface area (Å²) in [5.74, 6) is 0.410. The van der Waals surface area contributed by atoms with E-state index in [1.165, 1.54) is 16.7 Å². The van der Waals surface area contributed by atoms with Gasteiger partial charge in [-0.3, -0.25) is 10.1 Å². The lowest BCUT2D eigenvalue weighted by Gasteiger charge is -2.36. The van der Waals surface area contributed by atoms with Gasteiger partial charge in [0, 0.05) is 11.4 Å². The quantitative estimate of drug-likeness (QED) is 0.621. The van der Waals surface area contributed by atoms with Gasteiger partial charge in [0.25, 0.3) is 0 Å². The first-order chi connectivity index (χ1) is 14.3. The third-order valence-electron chi connectivity index (χ3n) is 5.83. The van der Waals surface area contributed by atoms with Crippen LogP contribution in [-0.4, -0.2) is 28.2 Å². The molecule has 3 N–H and O–H groups in total. The highest BCUT2D eigenvalue weighted by Gasteiger charge is 2.33. The van der Waals surface area contributed by atoms with E-state index in [9.17, 15) is 4.79 Å². The average molecular weight is 404 g/mol. The van der Waals surface area contributed by atoms with Gasteiger partial charge in [-0.2, -0.15) is 0 Å². The molecule has 1 aliphatic rings. The molecular formula is C24H29N5O. The number of anilines is 1. The third-order valence-corrected chi connectivity index (χ3v) is 5.83. The summed E-state index contributed by atoms with van der Waals surface area (Å²) >= 11 is 0. The van der Waals surface area contributed by atoms with Gasteiger partial charge >= 0.3 is 0 Å². The monoisotopic (exact) mass is 403 g/mol. The van der Waals surface area contributed by atoms with Crippen LogP contribution >= 0.6 is 0 Å². The highest BCUT2D eigenvalue weighted by molar-refractivity contribution is 5.85. The van der Waals surface area contributed by atoms with Crippen LogP contribution in [0.15, 0.2) is 36.4 Å². The minimum Gasteiger partial charge on any atom is -0.323 e. The number of carbonyl (C=O) groups excluding carboxylic acids is 1. The minimum atomic E-state index is -0.413. The summed E-state index contributed by atoms with van der Waals surface area (Å²) in [4.78, 5) is 22.1. The smallest absolute Gasteiger partial charge is 0.227 e. The van der Waals surface area contributed by atoms with Crippen LogP contribution in [0, 0.1) is 33.6 Å². The van der Waals surface area contributed by atoms with E-state index >= 15 is 0 Å². The molecule has 6 heteroatoms. The maximum absolute atomic E-state index is 12.8. The summed E-state index contributed by atoms with van der Waals surface area (Å²) in [6, 6.07) is 12.6. The lowest BCUT2D eigenvalue weighted by molar-refractivity contribution is -0.128. The van der Waals surface area contributed by atoms with E-state index in [0.717, 1.165) is 22.2 Å². The van der Waals surface area contributed by atoms with Gasteiger partial charge in [-0.15, -0.1) is 0 Å². The van der Waals surface area contributed by atoms with E-state index in [2.05, 4.69) is 78.1 Å². The first-order valence-electron chi connectivity index (χ1n) is 10.4. The largest absolute Gasteiger partial charge is 0.323 e. The highest BCUT2D eigenvalue weighted by Crippen LogP contribution is 2.23. The molecule has 0 aliphatic carbocycles. The first-order valence-corrected chi connectivity index (χ1v) is 10.4. The van der Waals surface area contributed by atoms with Gasteiger partial charge in [0.15, 0.2) is 6.29 Å². The summed E-state index contributed by atoms with van der Waals surface area (Å²) in [6.45, 7) is 10.2. The molecule has 6 nitrogen and oxygen atoms in total. The number of amides is 1. The van der Waals surface area contributed by atoms with Gasteiger partial charge in [0.1, 0.15) is 0 Å². The molecule has 1 saturated heterocycles. The van der Waals surface area contributed by atoms with E-state index < -0.39 is 6.29 Å². The molecule has 3 aromatic rings. The summed E-state index contributed by atoms with van der Waals surface area (Å²) < 4.78 is 0. The van der Waals surface area contributed by atoms with Crippen molar-refractivity contribution in [1.29, 1.82) is 0 Å². The highest BCUT2D eigenvalue weighted by atomic mass is 16.2. The fraction of sp³-hybridized carbons (Fsp3) is 0.375.